The second-order valence-electron chi connectivity index (χ2n) is 8.55. The Bertz CT molecular complexity index is 1150. The molecule has 3 aromatic rings. The number of hydrogen-bond donors (Lipinski definition) is 3. The van der Waals surface area contributed by atoms with Gasteiger partial charge in [-0.3, -0.25) is 4.79 Å². The maximum atomic E-state index is 14.4. The minimum atomic E-state index is -0.445. The summed E-state index contributed by atoms with van der Waals surface area (Å²) in [7, 11) is 1.32. The van der Waals surface area contributed by atoms with Crippen LogP contribution in [0.3, 0.4) is 0 Å². The number of imidazole rings is 1. The first-order chi connectivity index (χ1) is 16.4. The monoisotopic (exact) mass is 468 g/mol. The summed E-state index contributed by atoms with van der Waals surface area (Å²) in [6.45, 7) is 6.35. The molecule has 1 amide bonds. The average Bonchev–Trinajstić information content (AvgIpc) is 3.27. The number of ether oxygens (including phenoxy) is 1. The number of carbonyl (C=O) groups excluding carboxylic acids is 2. The number of esters is 1. The molecule has 1 heterocycles. The van der Waals surface area contributed by atoms with E-state index in [0.29, 0.717) is 29.1 Å². The molecule has 7 nitrogen and oxygen atoms in total. The summed E-state index contributed by atoms with van der Waals surface area (Å²) >= 11 is 0. The van der Waals surface area contributed by atoms with E-state index >= 15 is 0 Å². The maximum Gasteiger partial charge on any atom is 0.337 e. The SMILES string of the molecule is CC.COC(=O)c1ccc2nc(Nc3cc(CNC(=O)C4(C)CCCCC4)ccc3F)[nH]c2c1. The van der Waals surface area contributed by atoms with Crippen molar-refractivity contribution in [1.29, 1.82) is 0 Å². The Kier molecular flexibility index (Phi) is 8.26. The highest BCUT2D eigenvalue weighted by atomic mass is 19.1. The predicted molar refractivity (Wildman–Crippen MR) is 132 cm³/mol. The number of rotatable bonds is 6. The van der Waals surface area contributed by atoms with Crippen molar-refractivity contribution in [2.45, 2.75) is 59.4 Å². The van der Waals surface area contributed by atoms with Crippen LogP contribution in [0.15, 0.2) is 36.4 Å². The Labute approximate surface area is 199 Å². The maximum absolute atomic E-state index is 14.4. The molecule has 1 aliphatic carbocycles. The number of fused-ring (bicyclic) bond motifs is 1. The highest BCUT2D eigenvalue weighted by Crippen LogP contribution is 2.36. The van der Waals surface area contributed by atoms with Gasteiger partial charge in [0.2, 0.25) is 11.9 Å². The number of nitrogens with one attached hydrogen (secondary N) is 3. The lowest BCUT2D eigenvalue weighted by molar-refractivity contribution is -0.132. The van der Waals surface area contributed by atoms with Crippen LogP contribution in [-0.2, 0) is 16.1 Å². The molecule has 182 valence electrons. The third-order valence-electron chi connectivity index (χ3n) is 6.15. The van der Waals surface area contributed by atoms with Gasteiger partial charge in [0, 0.05) is 12.0 Å². The normalized spacial score (nSPS) is 14.6. The fraction of sp³-hybridized carbons (Fsp3) is 0.423. The van der Waals surface area contributed by atoms with Crippen LogP contribution in [0.5, 0.6) is 0 Å². The Morgan fingerprint density at radius 2 is 1.85 bits per heavy atom. The number of carbonyl (C=O) groups is 2. The van der Waals surface area contributed by atoms with Crippen molar-refractivity contribution >= 4 is 34.5 Å². The molecule has 34 heavy (non-hydrogen) atoms. The number of hydrogen-bond acceptors (Lipinski definition) is 5. The minimum Gasteiger partial charge on any atom is -0.465 e. The van der Waals surface area contributed by atoms with Gasteiger partial charge in [-0.25, -0.2) is 14.2 Å². The van der Waals surface area contributed by atoms with Gasteiger partial charge in [-0.2, -0.15) is 0 Å². The van der Waals surface area contributed by atoms with Gasteiger partial charge in [-0.15, -0.1) is 0 Å². The smallest absolute Gasteiger partial charge is 0.337 e. The summed E-state index contributed by atoms with van der Waals surface area (Å²) in [6.07, 6.45) is 5.14. The van der Waals surface area contributed by atoms with Crippen molar-refractivity contribution in [1.82, 2.24) is 15.3 Å². The fourth-order valence-corrected chi connectivity index (χ4v) is 4.17. The highest BCUT2D eigenvalue weighted by molar-refractivity contribution is 5.94. The molecule has 0 saturated heterocycles. The zero-order valence-corrected chi connectivity index (χ0v) is 20.3. The van der Waals surface area contributed by atoms with Crippen LogP contribution in [-0.4, -0.2) is 29.0 Å². The van der Waals surface area contributed by atoms with Crippen molar-refractivity contribution in [2.24, 2.45) is 5.41 Å². The topological polar surface area (TPSA) is 96.1 Å². The number of nitrogens with zero attached hydrogens (tertiary/aromatic N) is 1. The Morgan fingerprint density at radius 3 is 2.56 bits per heavy atom. The van der Waals surface area contributed by atoms with Crippen molar-refractivity contribution in [2.75, 3.05) is 12.4 Å². The zero-order chi connectivity index (χ0) is 24.7. The number of anilines is 2. The van der Waals surface area contributed by atoms with Gasteiger partial charge in [-0.1, -0.05) is 46.1 Å². The molecular formula is C26H33FN4O3. The zero-order valence-electron chi connectivity index (χ0n) is 20.3. The van der Waals surface area contributed by atoms with Gasteiger partial charge in [0.25, 0.3) is 0 Å². The third kappa shape index (κ3) is 5.73. The number of aromatic nitrogens is 2. The Balaban J connectivity index is 0.00000158. The molecular weight excluding hydrogens is 435 g/mol. The van der Waals surface area contributed by atoms with Gasteiger partial charge in [-0.05, 0) is 48.7 Å². The van der Waals surface area contributed by atoms with Crippen molar-refractivity contribution in [3.8, 4) is 0 Å². The first-order valence-electron chi connectivity index (χ1n) is 11.8. The molecule has 0 aliphatic heterocycles. The number of methoxy groups -OCH3 is 1. The van der Waals surface area contributed by atoms with Crippen LogP contribution in [0.25, 0.3) is 11.0 Å². The van der Waals surface area contributed by atoms with Crippen molar-refractivity contribution in [3.63, 3.8) is 0 Å². The van der Waals surface area contributed by atoms with E-state index in [9.17, 15) is 14.0 Å². The van der Waals surface area contributed by atoms with E-state index < -0.39 is 11.8 Å². The number of amides is 1. The number of benzene rings is 2. The molecule has 4 rings (SSSR count). The summed E-state index contributed by atoms with van der Waals surface area (Å²) < 4.78 is 19.2. The first kappa shape index (κ1) is 25.2. The predicted octanol–water partition coefficient (Wildman–Crippen LogP) is 5.85. The van der Waals surface area contributed by atoms with E-state index in [-0.39, 0.29) is 17.0 Å². The van der Waals surface area contributed by atoms with Crippen LogP contribution in [0.4, 0.5) is 16.0 Å². The highest BCUT2D eigenvalue weighted by Gasteiger charge is 2.34. The molecule has 0 radical (unpaired) electrons. The van der Waals surface area contributed by atoms with Crippen molar-refractivity contribution in [3.05, 3.63) is 53.3 Å². The molecule has 2 aromatic carbocycles. The quantitative estimate of drug-likeness (QED) is 0.395. The van der Waals surface area contributed by atoms with Crippen LogP contribution in [0, 0.1) is 11.2 Å². The molecule has 1 saturated carbocycles. The fourth-order valence-electron chi connectivity index (χ4n) is 4.17. The summed E-state index contributed by atoms with van der Waals surface area (Å²) in [5, 5.41) is 5.96. The lowest BCUT2D eigenvalue weighted by atomic mass is 9.75. The molecule has 3 N–H and O–H groups in total. The number of halogens is 1. The largest absolute Gasteiger partial charge is 0.465 e. The second-order valence-corrected chi connectivity index (χ2v) is 8.55. The lowest BCUT2D eigenvalue weighted by Gasteiger charge is -2.32. The molecule has 8 heteroatoms. The number of H-pyrrole nitrogens is 1. The van der Waals surface area contributed by atoms with Gasteiger partial charge < -0.3 is 20.4 Å². The van der Waals surface area contributed by atoms with Crippen molar-refractivity contribution < 1.29 is 18.7 Å². The standard InChI is InChI=1S/C24H27FN4O3.C2H6/c1-24(10-4-3-5-11-24)22(31)26-14-15-6-8-17(25)19(12-15)28-23-27-18-9-7-16(21(30)32-2)13-20(18)29-23;1-2/h6-9,12-13H,3-5,10-11,14H2,1-2H3,(H,26,31)(H2,27,28,29);1-2H3. The van der Waals surface area contributed by atoms with Gasteiger partial charge in [0.1, 0.15) is 5.82 Å². The summed E-state index contributed by atoms with van der Waals surface area (Å²) in [5.74, 6) is -0.486. The molecule has 0 bridgehead atoms. The lowest BCUT2D eigenvalue weighted by Crippen LogP contribution is -2.39. The molecule has 0 unspecified atom stereocenters. The third-order valence-corrected chi connectivity index (χ3v) is 6.15. The molecule has 1 aromatic heterocycles. The van der Waals surface area contributed by atoms with E-state index in [1.807, 2.05) is 20.8 Å². The van der Waals surface area contributed by atoms with Crippen LogP contribution >= 0.6 is 0 Å². The Hall–Kier alpha value is -3.42. The van der Waals surface area contributed by atoms with Gasteiger partial charge in [0.15, 0.2) is 0 Å². The summed E-state index contributed by atoms with van der Waals surface area (Å²) in [4.78, 5) is 31.8. The average molecular weight is 469 g/mol. The van der Waals surface area contributed by atoms with Crippen LogP contribution < -0.4 is 10.6 Å². The van der Waals surface area contributed by atoms with Gasteiger partial charge in [0.05, 0.1) is 29.4 Å². The molecule has 1 fully saturated rings. The van der Waals surface area contributed by atoms with Crippen LogP contribution in [0.1, 0.15) is 68.8 Å². The molecule has 1 aliphatic rings. The summed E-state index contributed by atoms with van der Waals surface area (Å²) in [6, 6.07) is 9.63. The second kappa shape index (κ2) is 11.1. The minimum absolute atomic E-state index is 0.0507. The number of aromatic amines is 1. The van der Waals surface area contributed by atoms with E-state index in [1.54, 1.807) is 30.3 Å². The molecule has 0 atom stereocenters. The Morgan fingerprint density at radius 1 is 1.12 bits per heavy atom. The van der Waals surface area contributed by atoms with E-state index in [0.717, 1.165) is 31.2 Å². The van der Waals surface area contributed by atoms with Gasteiger partial charge >= 0.3 is 5.97 Å². The first-order valence-corrected chi connectivity index (χ1v) is 11.8. The van der Waals surface area contributed by atoms with E-state index in [2.05, 4.69) is 20.6 Å². The van der Waals surface area contributed by atoms with E-state index in [1.165, 1.54) is 19.6 Å². The van der Waals surface area contributed by atoms with E-state index in [4.69, 9.17) is 4.74 Å². The summed E-state index contributed by atoms with van der Waals surface area (Å²) in [5.41, 5.74) is 2.35. The molecule has 0 spiro atoms. The van der Waals surface area contributed by atoms with Crippen LogP contribution in [0.2, 0.25) is 0 Å².